The molecule has 1 atom stereocenters. The average Bonchev–Trinajstić information content (AvgIpc) is 2.47. The SMILES string of the molecule is CCC(=O)CCCN(C)C(C)Cc1ccccc1OC. The Bertz CT molecular complexity index is 417. The van der Waals surface area contributed by atoms with Gasteiger partial charge in [0.25, 0.3) is 0 Å². The van der Waals surface area contributed by atoms with Crippen molar-refractivity contribution in [1.82, 2.24) is 4.90 Å². The highest BCUT2D eigenvalue weighted by Gasteiger charge is 2.12. The molecule has 0 saturated heterocycles. The van der Waals surface area contributed by atoms with E-state index in [1.54, 1.807) is 7.11 Å². The van der Waals surface area contributed by atoms with Gasteiger partial charge in [-0.05, 0) is 45.0 Å². The molecule has 0 spiro atoms. The van der Waals surface area contributed by atoms with Gasteiger partial charge in [-0.25, -0.2) is 0 Å². The van der Waals surface area contributed by atoms with Crippen LogP contribution >= 0.6 is 0 Å². The Morgan fingerprint density at radius 1 is 1.35 bits per heavy atom. The van der Waals surface area contributed by atoms with E-state index in [-0.39, 0.29) is 0 Å². The number of carbonyl (C=O) groups is 1. The number of ketones is 1. The van der Waals surface area contributed by atoms with Gasteiger partial charge in [0.15, 0.2) is 0 Å². The molecule has 0 bridgehead atoms. The molecular formula is C17H27NO2. The number of Topliss-reactive ketones (excluding diaryl/α,β-unsaturated/α-hetero) is 1. The molecule has 1 rings (SSSR count). The molecular weight excluding hydrogens is 250 g/mol. The molecule has 3 heteroatoms. The molecule has 1 unspecified atom stereocenters. The second kappa shape index (κ2) is 8.75. The van der Waals surface area contributed by atoms with Crippen LogP contribution in [0.2, 0.25) is 0 Å². The van der Waals surface area contributed by atoms with E-state index in [9.17, 15) is 4.79 Å². The fourth-order valence-electron chi connectivity index (χ4n) is 2.27. The van der Waals surface area contributed by atoms with E-state index in [1.165, 1.54) is 5.56 Å². The maximum absolute atomic E-state index is 11.3. The Morgan fingerprint density at radius 2 is 2.05 bits per heavy atom. The van der Waals surface area contributed by atoms with E-state index in [0.29, 0.717) is 24.7 Å². The second-order valence-electron chi connectivity index (χ2n) is 5.34. The van der Waals surface area contributed by atoms with Crippen molar-refractivity contribution in [2.75, 3.05) is 20.7 Å². The Balaban J connectivity index is 2.45. The lowest BCUT2D eigenvalue weighted by Gasteiger charge is -2.25. The topological polar surface area (TPSA) is 29.5 Å². The van der Waals surface area contributed by atoms with Gasteiger partial charge in [0, 0.05) is 18.9 Å². The minimum Gasteiger partial charge on any atom is -0.496 e. The second-order valence-corrected chi connectivity index (χ2v) is 5.34. The van der Waals surface area contributed by atoms with Crippen LogP contribution in [-0.2, 0) is 11.2 Å². The van der Waals surface area contributed by atoms with Gasteiger partial charge in [0.1, 0.15) is 11.5 Å². The molecule has 0 saturated carbocycles. The number of methoxy groups -OCH3 is 1. The molecule has 0 aliphatic carbocycles. The van der Waals surface area contributed by atoms with Crippen molar-refractivity contribution in [2.24, 2.45) is 0 Å². The van der Waals surface area contributed by atoms with Crippen molar-refractivity contribution in [2.45, 2.75) is 45.6 Å². The lowest BCUT2D eigenvalue weighted by Crippen LogP contribution is -2.32. The maximum atomic E-state index is 11.3. The molecule has 0 radical (unpaired) electrons. The standard InChI is InChI=1S/C17H27NO2/c1-5-16(19)10-8-12-18(3)14(2)13-15-9-6-7-11-17(15)20-4/h6-7,9,11,14H,5,8,10,12-13H2,1-4H3. The first kappa shape index (κ1) is 16.7. The molecule has 1 aromatic rings. The quantitative estimate of drug-likeness (QED) is 0.693. The maximum Gasteiger partial charge on any atom is 0.132 e. The number of hydrogen-bond acceptors (Lipinski definition) is 3. The van der Waals surface area contributed by atoms with Crippen LogP contribution in [0.5, 0.6) is 5.75 Å². The monoisotopic (exact) mass is 277 g/mol. The lowest BCUT2D eigenvalue weighted by atomic mass is 10.0. The summed E-state index contributed by atoms with van der Waals surface area (Å²) >= 11 is 0. The van der Waals surface area contributed by atoms with Gasteiger partial charge < -0.3 is 9.64 Å². The zero-order valence-corrected chi connectivity index (χ0v) is 13.2. The van der Waals surface area contributed by atoms with Crippen molar-refractivity contribution in [3.8, 4) is 5.75 Å². The summed E-state index contributed by atoms with van der Waals surface area (Å²) in [5.41, 5.74) is 1.24. The van der Waals surface area contributed by atoms with E-state index in [2.05, 4.69) is 24.9 Å². The van der Waals surface area contributed by atoms with Crippen LogP contribution in [0.25, 0.3) is 0 Å². The van der Waals surface area contributed by atoms with Gasteiger partial charge in [0.2, 0.25) is 0 Å². The number of rotatable bonds is 9. The third-order valence-electron chi connectivity index (χ3n) is 3.82. The van der Waals surface area contributed by atoms with E-state index in [1.807, 2.05) is 25.1 Å². The zero-order valence-electron chi connectivity index (χ0n) is 13.2. The molecule has 0 heterocycles. The lowest BCUT2D eigenvalue weighted by molar-refractivity contribution is -0.118. The molecule has 1 aromatic carbocycles. The Morgan fingerprint density at radius 3 is 2.70 bits per heavy atom. The first-order chi connectivity index (χ1) is 9.58. The van der Waals surface area contributed by atoms with Crippen LogP contribution in [0.4, 0.5) is 0 Å². The molecule has 20 heavy (non-hydrogen) atoms. The van der Waals surface area contributed by atoms with Crippen molar-refractivity contribution in [3.63, 3.8) is 0 Å². The third kappa shape index (κ3) is 5.33. The summed E-state index contributed by atoms with van der Waals surface area (Å²) in [6.45, 7) is 5.10. The number of ether oxygens (including phenoxy) is 1. The van der Waals surface area contributed by atoms with Crippen LogP contribution < -0.4 is 4.74 Å². The number of likely N-dealkylation sites (N-methyl/N-ethyl adjacent to an activating group) is 1. The summed E-state index contributed by atoms with van der Waals surface area (Å²) in [7, 11) is 3.83. The summed E-state index contributed by atoms with van der Waals surface area (Å²) in [4.78, 5) is 13.6. The van der Waals surface area contributed by atoms with E-state index < -0.39 is 0 Å². The summed E-state index contributed by atoms with van der Waals surface area (Å²) in [5.74, 6) is 1.31. The van der Waals surface area contributed by atoms with Gasteiger partial charge in [-0.15, -0.1) is 0 Å². The molecule has 0 aliphatic rings. The highest BCUT2D eigenvalue weighted by atomic mass is 16.5. The predicted octanol–water partition coefficient (Wildman–Crippen LogP) is 3.32. The molecule has 0 amide bonds. The van der Waals surface area contributed by atoms with Gasteiger partial charge in [0.05, 0.1) is 7.11 Å². The number of benzene rings is 1. The summed E-state index contributed by atoms with van der Waals surface area (Å²) in [6, 6.07) is 8.59. The van der Waals surface area contributed by atoms with Crippen LogP contribution in [0.1, 0.15) is 38.7 Å². The average molecular weight is 277 g/mol. The fourth-order valence-corrected chi connectivity index (χ4v) is 2.27. The van der Waals surface area contributed by atoms with Crippen LogP contribution in [0.15, 0.2) is 24.3 Å². The number of nitrogens with zero attached hydrogens (tertiary/aromatic N) is 1. The third-order valence-corrected chi connectivity index (χ3v) is 3.82. The minimum absolute atomic E-state index is 0.357. The van der Waals surface area contributed by atoms with E-state index in [4.69, 9.17) is 4.74 Å². The number of carbonyl (C=O) groups excluding carboxylic acids is 1. The zero-order chi connectivity index (χ0) is 15.0. The van der Waals surface area contributed by atoms with E-state index >= 15 is 0 Å². The van der Waals surface area contributed by atoms with Gasteiger partial charge >= 0.3 is 0 Å². The highest BCUT2D eigenvalue weighted by molar-refractivity contribution is 5.77. The normalized spacial score (nSPS) is 12.4. The first-order valence-electron chi connectivity index (χ1n) is 7.42. The predicted molar refractivity (Wildman–Crippen MR) is 83.3 cm³/mol. The van der Waals surface area contributed by atoms with Crippen molar-refractivity contribution < 1.29 is 9.53 Å². The summed E-state index contributed by atoms with van der Waals surface area (Å²) < 4.78 is 5.39. The summed E-state index contributed by atoms with van der Waals surface area (Å²) in [5, 5.41) is 0. The van der Waals surface area contributed by atoms with Gasteiger partial charge in [-0.2, -0.15) is 0 Å². The minimum atomic E-state index is 0.357. The molecule has 0 fully saturated rings. The van der Waals surface area contributed by atoms with E-state index in [0.717, 1.165) is 25.1 Å². The van der Waals surface area contributed by atoms with Crippen molar-refractivity contribution >= 4 is 5.78 Å². The smallest absolute Gasteiger partial charge is 0.132 e. The number of para-hydroxylation sites is 1. The molecule has 0 aliphatic heterocycles. The molecule has 112 valence electrons. The molecule has 3 nitrogen and oxygen atoms in total. The van der Waals surface area contributed by atoms with Crippen molar-refractivity contribution in [1.29, 1.82) is 0 Å². The van der Waals surface area contributed by atoms with Crippen LogP contribution in [0, 0.1) is 0 Å². The van der Waals surface area contributed by atoms with Crippen LogP contribution in [0.3, 0.4) is 0 Å². The molecule has 0 aromatic heterocycles. The largest absolute Gasteiger partial charge is 0.496 e. The highest BCUT2D eigenvalue weighted by Crippen LogP contribution is 2.20. The fraction of sp³-hybridized carbons (Fsp3) is 0.588. The van der Waals surface area contributed by atoms with Gasteiger partial charge in [-0.3, -0.25) is 4.79 Å². The Labute approximate surface area is 122 Å². The van der Waals surface area contributed by atoms with Gasteiger partial charge in [-0.1, -0.05) is 25.1 Å². The van der Waals surface area contributed by atoms with Crippen molar-refractivity contribution in [3.05, 3.63) is 29.8 Å². The number of hydrogen-bond donors (Lipinski definition) is 0. The Kier molecular flexibility index (Phi) is 7.31. The first-order valence-corrected chi connectivity index (χ1v) is 7.42. The molecule has 0 N–H and O–H groups in total. The summed E-state index contributed by atoms with van der Waals surface area (Å²) in [6.07, 6.45) is 3.25. The van der Waals surface area contributed by atoms with Crippen LogP contribution in [-0.4, -0.2) is 37.4 Å². The Hall–Kier alpha value is -1.35.